The molecule has 26 heavy (non-hydrogen) atoms. The van der Waals surface area contributed by atoms with Gasteiger partial charge in [0.2, 0.25) is 5.91 Å². The van der Waals surface area contributed by atoms with Crippen molar-refractivity contribution in [2.75, 3.05) is 13.1 Å². The van der Waals surface area contributed by atoms with Crippen LogP contribution in [0.2, 0.25) is 0 Å². The Balaban J connectivity index is 1.82. The van der Waals surface area contributed by atoms with E-state index in [0.717, 1.165) is 18.6 Å². The van der Waals surface area contributed by atoms with Crippen molar-refractivity contribution in [2.24, 2.45) is 0 Å². The summed E-state index contributed by atoms with van der Waals surface area (Å²) in [5, 5.41) is 18.1. The number of benzene rings is 1. The van der Waals surface area contributed by atoms with Gasteiger partial charge in [0.05, 0.1) is 11.8 Å². The number of aliphatic hydroxyl groups excluding tert-OH is 1. The normalized spacial score (nSPS) is 19.7. The standard InChI is InChI=1S/C17H19F3N4O2/c1-2-23-8-4-7-14(16(23)26)24-10-13(21-22-24)15(25)11-5-3-6-12(9-11)17(18,19)20/h3,5-6,9-10,14-15,25H,2,4,7-8H2,1H3. The minimum Gasteiger partial charge on any atom is -0.382 e. The first kappa shape index (κ1) is 18.4. The Morgan fingerprint density at radius 2 is 2.15 bits per heavy atom. The minimum atomic E-state index is -4.49. The van der Waals surface area contributed by atoms with Gasteiger partial charge in [-0.05, 0) is 37.5 Å². The summed E-state index contributed by atoms with van der Waals surface area (Å²) in [7, 11) is 0. The molecule has 0 aliphatic carbocycles. The average Bonchev–Trinajstić information content (AvgIpc) is 3.10. The SMILES string of the molecule is CCN1CCCC(n2cc(C(O)c3cccc(C(F)(F)F)c3)nn2)C1=O. The number of aliphatic hydroxyl groups is 1. The van der Waals surface area contributed by atoms with E-state index in [9.17, 15) is 23.1 Å². The van der Waals surface area contributed by atoms with Crippen LogP contribution in [0.5, 0.6) is 0 Å². The number of rotatable bonds is 4. The Morgan fingerprint density at radius 1 is 1.38 bits per heavy atom. The Kier molecular flexibility index (Phi) is 4.99. The molecular weight excluding hydrogens is 349 g/mol. The number of aromatic nitrogens is 3. The third-order valence-corrected chi connectivity index (χ3v) is 4.54. The molecule has 1 fully saturated rings. The highest BCUT2D eigenvalue weighted by atomic mass is 19.4. The maximum atomic E-state index is 12.8. The highest BCUT2D eigenvalue weighted by molar-refractivity contribution is 5.81. The van der Waals surface area contributed by atoms with Gasteiger partial charge in [-0.2, -0.15) is 13.2 Å². The summed E-state index contributed by atoms with van der Waals surface area (Å²) in [5.74, 6) is -0.0660. The van der Waals surface area contributed by atoms with E-state index in [1.165, 1.54) is 23.0 Å². The van der Waals surface area contributed by atoms with E-state index >= 15 is 0 Å². The van der Waals surface area contributed by atoms with Gasteiger partial charge in [-0.1, -0.05) is 17.3 Å². The first-order valence-electron chi connectivity index (χ1n) is 8.37. The van der Waals surface area contributed by atoms with Crippen molar-refractivity contribution < 1.29 is 23.1 Å². The van der Waals surface area contributed by atoms with Crippen molar-refractivity contribution in [2.45, 2.75) is 38.1 Å². The fraction of sp³-hybridized carbons (Fsp3) is 0.471. The molecule has 3 rings (SSSR count). The molecule has 1 aromatic carbocycles. The van der Waals surface area contributed by atoms with Gasteiger partial charge in [0.15, 0.2) is 0 Å². The smallest absolute Gasteiger partial charge is 0.382 e. The first-order chi connectivity index (χ1) is 12.3. The van der Waals surface area contributed by atoms with Gasteiger partial charge in [0, 0.05) is 13.1 Å². The maximum absolute atomic E-state index is 12.8. The lowest BCUT2D eigenvalue weighted by Crippen LogP contribution is -2.42. The molecule has 2 unspecified atom stereocenters. The van der Waals surface area contributed by atoms with Crippen molar-refractivity contribution in [1.29, 1.82) is 0 Å². The Morgan fingerprint density at radius 3 is 2.85 bits per heavy atom. The second kappa shape index (κ2) is 7.06. The van der Waals surface area contributed by atoms with E-state index in [-0.39, 0.29) is 17.2 Å². The Hall–Kier alpha value is -2.42. The molecule has 140 valence electrons. The zero-order valence-electron chi connectivity index (χ0n) is 14.1. The Bertz CT molecular complexity index is 790. The first-order valence-corrected chi connectivity index (χ1v) is 8.37. The molecule has 1 saturated heterocycles. The number of nitrogens with zero attached hydrogens (tertiary/aromatic N) is 4. The third kappa shape index (κ3) is 3.57. The van der Waals surface area contributed by atoms with E-state index in [1.54, 1.807) is 4.90 Å². The summed E-state index contributed by atoms with van der Waals surface area (Å²) < 4.78 is 39.9. The molecule has 1 amide bonds. The molecule has 6 nitrogen and oxygen atoms in total. The van der Waals surface area contributed by atoms with Crippen LogP contribution in [0.15, 0.2) is 30.5 Å². The van der Waals surface area contributed by atoms with Crippen LogP contribution in [0.1, 0.15) is 48.7 Å². The number of hydrogen-bond acceptors (Lipinski definition) is 4. The van der Waals surface area contributed by atoms with Crippen LogP contribution in [0, 0.1) is 0 Å². The number of piperidine rings is 1. The molecule has 1 aromatic heterocycles. The van der Waals surface area contributed by atoms with E-state index in [1.807, 2.05) is 6.92 Å². The van der Waals surface area contributed by atoms with Crippen LogP contribution >= 0.6 is 0 Å². The topological polar surface area (TPSA) is 71.2 Å². The van der Waals surface area contributed by atoms with Crippen LogP contribution in [-0.2, 0) is 11.0 Å². The number of alkyl halides is 3. The van der Waals surface area contributed by atoms with Crippen molar-refractivity contribution in [3.05, 3.63) is 47.3 Å². The van der Waals surface area contributed by atoms with E-state index in [4.69, 9.17) is 0 Å². The van der Waals surface area contributed by atoms with Gasteiger partial charge >= 0.3 is 6.18 Å². The minimum absolute atomic E-state index is 0.0660. The summed E-state index contributed by atoms with van der Waals surface area (Å²) >= 11 is 0. The lowest BCUT2D eigenvalue weighted by atomic mass is 10.0. The van der Waals surface area contributed by atoms with Gasteiger partial charge in [0.1, 0.15) is 17.8 Å². The predicted molar refractivity (Wildman–Crippen MR) is 86.1 cm³/mol. The monoisotopic (exact) mass is 368 g/mol. The average molecular weight is 368 g/mol. The number of hydrogen-bond donors (Lipinski definition) is 1. The van der Waals surface area contributed by atoms with Crippen molar-refractivity contribution in [3.63, 3.8) is 0 Å². The van der Waals surface area contributed by atoms with Gasteiger partial charge < -0.3 is 10.0 Å². The summed E-state index contributed by atoms with van der Waals surface area (Å²) in [4.78, 5) is 14.1. The van der Waals surface area contributed by atoms with E-state index < -0.39 is 23.9 Å². The zero-order valence-corrected chi connectivity index (χ0v) is 14.1. The van der Waals surface area contributed by atoms with Gasteiger partial charge in [-0.15, -0.1) is 5.10 Å². The molecule has 0 spiro atoms. The number of likely N-dealkylation sites (N-methyl/N-ethyl adjacent to an activating group) is 1. The maximum Gasteiger partial charge on any atom is 0.416 e. The third-order valence-electron chi connectivity index (χ3n) is 4.54. The predicted octanol–water partition coefficient (Wildman–Crippen LogP) is 2.56. The molecule has 1 aliphatic rings. The Labute approximate surface area is 148 Å². The number of carbonyl (C=O) groups is 1. The van der Waals surface area contributed by atoms with Crippen LogP contribution < -0.4 is 0 Å². The molecule has 1 N–H and O–H groups in total. The second-order valence-electron chi connectivity index (χ2n) is 6.23. The van der Waals surface area contributed by atoms with Gasteiger partial charge in [0.25, 0.3) is 0 Å². The lowest BCUT2D eigenvalue weighted by molar-refractivity contribution is -0.138. The second-order valence-corrected chi connectivity index (χ2v) is 6.23. The molecule has 0 radical (unpaired) electrons. The summed E-state index contributed by atoms with van der Waals surface area (Å²) in [6.45, 7) is 3.19. The highest BCUT2D eigenvalue weighted by Crippen LogP contribution is 2.32. The molecule has 9 heteroatoms. The zero-order chi connectivity index (χ0) is 18.9. The van der Waals surface area contributed by atoms with Crippen molar-refractivity contribution in [1.82, 2.24) is 19.9 Å². The van der Waals surface area contributed by atoms with Crippen molar-refractivity contribution in [3.8, 4) is 0 Å². The van der Waals surface area contributed by atoms with Crippen LogP contribution in [-0.4, -0.2) is 44.0 Å². The molecule has 2 atom stereocenters. The summed E-state index contributed by atoms with van der Waals surface area (Å²) in [6.07, 6.45) is -2.99. The number of halogens is 3. The molecular formula is C17H19F3N4O2. The van der Waals surface area contributed by atoms with Gasteiger partial charge in [-0.3, -0.25) is 4.79 Å². The van der Waals surface area contributed by atoms with Gasteiger partial charge in [-0.25, -0.2) is 4.68 Å². The quantitative estimate of drug-likeness (QED) is 0.900. The van der Waals surface area contributed by atoms with Crippen molar-refractivity contribution >= 4 is 5.91 Å². The summed E-state index contributed by atoms with van der Waals surface area (Å²) in [5.41, 5.74) is -0.676. The number of carbonyl (C=O) groups excluding carboxylic acids is 1. The molecule has 2 heterocycles. The molecule has 0 saturated carbocycles. The highest BCUT2D eigenvalue weighted by Gasteiger charge is 2.32. The lowest BCUT2D eigenvalue weighted by Gasteiger charge is -2.31. The van der Waals surface area contributed by atoms with E-state index in [0.29, 0.717) is 19.5 Å². The van der Waals surface area contributed by atoms with E-state index in [2.05, 4.69) is 10.3 Å². The fourth-order valence-corrected chi connectivity index (χ4v) is 3.10. The summed E-state index contributed by atoms with van der Waals surface area (Å²) in [6, 6.07) is 3.94. The van der Waals surface area contributed by atoms with Crippen LogP contribution in [0.3, 0.4) is 0 Å². The number of likely N-dealkylation sites (tertiary alicyclic amines) is 1. The largest absolute Gasteiger partial charge is 0.416 e. The van der Waals surface area contributed by atoms with Crippen LogP contribution in [0.25, 0.3) is 0 Å². The van der Waals surface area contributed by atoms with Crippen LogP contribution in [0.4, 0.5) is 13.2 Å². The fourth-order valence-electron chi connectivity index (χ4n) is 3.10. The molecule has 1 aliphatic heterocycles. The molecule has 0 bridgehead atoms. The molecule has 2 aromatic rings. The number of amides is 1.